The normalized spacial score (nSPS) is 11.3. The Balaban J connectivity index is 2.57. The molecule has 7 heteroatoms. The predicted molar refractivity (Wildman–Crippen MR) is 92.2 cm³/mol. The van der Waals surface area contributed by atoms with Gasteiger partial charge in [-0.15, -0.1) is 0 Å². The van der Waals surface area contributed by atoms with E-state index < -0.39 is 22.5 Å². The van der Waals surface area contributed by atoms with Gasteiger partial charge in [-0.2, -0.15) is 0 Å². The van der Waals surface area contributed by atoms with E-state index in [2.05, 4.69) is 15.9 Å². The Morgan fingerprint density at radius 1 is 1.09 bits per heavy atom. The molecule has 0 heterocycles. The molecule has 0 bridgehead atoms. The number of anilines is 1. The highest BCUT2D eigenvalue weighted by Gasteiger charge is 2.27. The Morgan fingerprint density at radius 2 is 1.61 bits per heavy atom. The van der Waals surface area contributed by atoms with Crippen LogP contribution < -0.4 is 4.31 Å². The second-order valence-corrected chi connectivity index (χ2v) is 7.98. The van der Waals surface area contributed by atoms with E-state index in [9.17, 15) is 13.2 Å². The number of nitrogens with zero attached hydrogens (tertiary/aromatic N) is 1. The van der Waals surface area contributed by atoms with Crippen molar-refractivity contribution in [2.75, 3.05) is 10.8 Å². The van der Waals surface area contributed by atoms with Crippen LogP contribution in [0.2, 0.25) is 0 Å². The zero-order valence-corrected chi connectivity index (χ0v) is 15.1. The maximum atomic E-state index is 12.8. The van der Waals surface area contributed by atoms with Crippen molar-refractivity contribution in [3.05, 3.63) is 58.1 Å². The zero-order valence-electron chi connectivity index (χ0n) is 12.7. The lowest BCUT2D eigenvalue weighted by Crippen LogP contribution is -2.35. The molecule has 0 aliphatic rings. The van der Waals surface area contributed by atoms with Gasteiger partial charge in [0.25, 0.3) is 10.0 Å². The Bertz CT molecular complexity index is 811. The minimum atomic E-state index is -3.97. The van der Waals surface area contributed by atoms with Gasteiger partial charge in [-0.05, 0) is 61.4 Å². The van der Waals surface area contributed by atoms with Crippen molar-refractivity contribution in [3.8, 4) is 0 Å². The summed E-state index contributed by atoms with van der Waals surface area (Å²) in [6, 6.07) is 11.3. The van der Waals surface area contributed by atoms with Crippen molar-refractivity contribution >= 4 is 37.6 Å². The minimum absolute atomic E-state index is 0.0427. The average molecular weight is 398 g/mol. The number of hydrogen-bond donors (Lipinski definition) is 1. The van der Waals surface area contributed by atoms with Crippen molar-refractivity contribution < 1.29 is 18.3 Å². The van der Waals surface area contributed by atoms with Crippen LogP contribution in [0, 0.1) is 13.8 Å². The van der Waals surface area contributed by atoms with Crippen LogP contribution in [0.4, 0.5) is 5.69 Å². The van der Waals surface area contributed by atoms with Gasteiger partial charge < -0.3 is 5.11 Å². The van der Waals surface area contributed by atoms with Crippen LogP contribution >= 0.6 is 15.9 Å². The SMILES string of the molecule is Cc1cc(C)cc(N(CC(=O)O)S(=O)(=O)c2ccc(Br)cc2)c1. The fourth-order valence-corrected chi connectivity index (χ4v) is 3.93. The number of carboxylic acids is 1. The molecule has 0 aliphatic carbocycles. The van der Waals surface area contributed by atoms with E-state index in [0.29, 0.717) is 5.69 Å². The first-order chi connectivity index (χ1) is 10.7. The maximum absolute atomic E-state index is 12.8. The van der Waals surface area contributed by atoms with Crippen molar-refractivity contribution in [1.82, 2.24) is 0 Å². The number of rotatable bonds is 5. The van der Waals surface area contributed by atoms with Gasteiger partial charge in [-0.3, -0.25) is 9.10 Å². The first-order valence-corrected chi connectivity index (χ1v) is 9.02. The molecule has 5 nitrogen and oxygen atoms in total. The number of sulfonamides is 1. The lowest BCUT2D eigenvalue weighted by molar-refractivity contribution is -0.135. The van der Waals surface area contributed by atoms with Gasteiger partial charge in [0.15, 0.2) is 0 Å². The summed E-state index contributed by atoms with van der Waals surface area (Å²) in [5.74, 6) is -1.22. The van der Waals surface area contributed by atoms with E-state index >= 15 is 0 Å². The van der Waals surface area contributed by atoms with E-state index in [1.54, 1.807) is 24.3 Å². The van der Waals surface area contributed by atoms with Crippen LogP contribution in [-0.2, 0) is 14.8 Å². The zero-order chi connectivity index (χ0) is 17.2. The summed E-state index contributed by atoms with van der Waals surface area (Å²) < 4.78 is 27.4. The third-order valence-electron chi connectivity index (χ3n) is 3.17. The predicted octanol–water partition coefficient (Wildman–Crippen LogP) is 3.35. The molecule has 0 unspecified atom stereocenters. The van der Waals surface area contributed by atoms with Gasteiger partial charge in [-0.1, -0.05) is 22.0 Å². The van der Waals surface area contributed by atoms with E-state index in [1.807, 2.05) is 19.9 Å². The smallest absolute Gasteiger partial charge is 0.324 e. The molecule has 0 fully saturated rings. The van der Waals surface area contributed by atoms with Crippen molar-refractivity contribution in [2.45, 2.75) is 18.7 Å². The lowest BCUT2D eigenvalue weighted by atomic mass is 10.1. The third kappa shape index (κ3) is 4.11. The molecule has 23 heavy (non-hydrogen) atoms. The topological polar surface area (TPSA) is 74.7 Å². The molecule has 0 radical (unpaired) electrons. The van der Waals surface area contributed by atoms with E-state index in [1.165, 1.54) is 12.1 Å². The summed E-state index contributed by atoms with van der Waals surface area (Å²) in [6.07, 6.45) is 0. The van der Waals surface area contributed by atoms with Crippen LogP contribution in [0.1, 0.15) is 11.1 Å². The van der Waals surface area contributed by atoms with Gasteiger partial charge >= 0.3 is 5.97 Å². The molecule has 0 aromatic heterocycles. The van der Waals surface area contributed by atoms with E-state index in [-0.39, 0.29) is 4.90 Å². The minimum Gasteiger partial charge on any atom is -0.480 e. The number of carboxylic acid groups (broad SMARTS) is 1. The molecule has 122 valence electrons. The number of halogens is 1. The van der Waals surface area contributed by atoms with Crippen LogP contribution in [0.15, 0.2) is 51.8 Å². The molecule has 0 saturated carbocycles. The fourth-order valence-electron chi connectivity index (χ4n) is 2.27. The Labute approximate surface area is 143 Å². The Kier molecular flexibility index (Phi) is 5.11. The molecule has 2 rings (SSSR count). The summed E-state index contributed by atoms with van der Waals surface area (Å²) in [5, 5.41) is 9.12. The summed E-state index contributed by atoms with van der Waals surface area (Å²) in [7, 11) is -3.97. The summed E-state index contributed by atoms with van der Waals surface area (Å²) in [6.45, 7) is 3.03. The van der Waals surface area contributed by atoms with Gasteiger partial charge in [-0.25, -0.2) is 8.42 Å². The van der Waals surface area contributed by atoms with Crippen LogP contribution in [0.25, 0.3) is 0 Å². The summed E-state index contributed by atoms with van der Waals surface area (Å²) >= 11 is 3.25. The Hall–Kier alpha value is -1.86. The number of benzene rings is 2. The number of aryl methyl sites for hydroxylation is 2. The highest BCUT2D eigenvalue weighted by Crippen LogP contribution is 2.26. The summed E-state index contributed by atoms with van der Waals surface area (Å²) in [5.41, 5.74) is 2.07. The molecule has 1 N–H and O–H groups in total. The maximum Gasteiger partial charge on any atom is 0.324 e. The number of carbonyl (C=O) groups is 1. The fraction of sp³-hybridized carbons (Fsp3) is 0.188. The van der Waals surface area contributed by atoms with Crippen molar-refractivity contribution in [3.63, 3.8) is 0 Å². The average Bonchev–Trinajstić information content (AvgIpc) is 2.43. The monoisotopic (exact) mass is 397 g/mol. The second-order valence-electron chi connectivity index (χ2n) is 5.21. The molecule has 0 spiro atoms. The largest absolute Gasteiger partial charge is 0.480 e. The van der Waals surface area contributed by atoms with Crippen LogP contribution in [0.3, 0.4) is 0 Å². The summed E-state index contributed by atoms with van der Waals surface area (Å²) in [4.78, 5) is 11.2. The van der Waals surface area contributed by atoms with Gasteiger partial charge in [0.05, 0.1) is 10.6 Å². The quantitative estimate of drug-likeness (QED) is 0.839. The standard InChI is InChI=1S/C16H16BrNO4S/c1-11-7-12(2)9-14(8-11)18(10-16(19)20)23(21,22)15-5-3-13(17)4-6-15/h3-9H,10H2,1-2H3,(H,19,20). The van der Waals surface area contributed by atoms with Crippen molar-refractivity contribution in [1.29, 1.82) is 0 Å². The molecule has 2 aromatic rings. The molecular weight excluding hydrogens is 382 g/mol. The molecule has 0 aliphatic heterocycles. The van der Waals surface area contributed by atoms with Crippen LogP contribution in [0.5, 0.6) is 0 Å². The Morgan fingerprint density at radius 3 is 2.09 bits per heavy atom. The van der Waals surface area contributed by atoms with Gasteiger partial charge in [0.1, 0.15) is 6.54 Å². The van der Waals surface area contributed by atoms with E-state index in [4.69, 9.17) is 5.11 Å². The first-order valence-electron chi connectivity index (χ1n) is 6.78. The van der Waals surface area contributed by atoms with Crippen molar-refractivity contribution in [2.24, 2.45) is 0 Å². The highest BCUT2D eigenvalue weighted by molar-refractivity contribution is 9.10. The molecule has 0 saturated heterocycles. The lowest BCUT2D eigenvalue weighted by Gasteiger charge is -2.23. The first kappa shape index (κ1) is 17.5. The molecule has 2 aromatic carbocycles. The van der Waals surface area contributed by atoms with E-state index in [0.717, 1.165) is 19.9 Å². The third-order valence-corrected chi connectivity index (χ3v) is 5.49. The molecule has 0 amide bonds. The highest BCUT2D eigenvalue weighted by atomic mass is 79.9. The number of hydrogen-bond acceptors (Lipinski definition) is 3. The van der Waals surface area contributed by atoms with Gasteiger partial charge in [0.2, 0.25) is 0 Å². The number of aliphatic carboxylic acids is 1. The molecule has 0 atom stereocenters. The second kappa shape index (κ2) is 6.72. The van der Waals surface area contributed by atoms with Crippen LogP contribution in [-0.4, -0.2) is 26.0 Å². The molecular formula is C16H16BrNO4S. The van der Waals surface area contributed by atoms with Gasteiger partial charge in [0, 0.05) is 4.47 Å².